The maximum Gasteiger partial charge on any atom is 0.227 e. The van der Waals surface area contributed by atoms with E-state index < -0.39 is 0 Å². The van der Waals surface area contributed by atoms with E-state index in [9.17, 15) is 4.79 Å². The molecule has 1 aliphatic heterocycles. The van der Waals surface area contributed by atoms with Gasteiger partial charge in [-0.05, 0) is 31.0 Å². The molecule has 0 spiro atoms. The van der Waals surface area contributed by atoms with Crippen molar-refractivity contribution in [2.75, 3.05) is 20.3 Å². The minimum atomic E-state index is -0.0614. The van der Waals surface area contributed by atoms with Gasteiger partial charge in [0.1, 0.15) is 0 Å². The molecular formula is C15H20N2O2. The molecule has 1 aliphatic carbocycles. The molecule has 3 rings (SSSR count). The highest BCUT2D eigenvalue weighted by Crippen LogP contribution is 2.22. The Bertz CT molecular complexity index is 450. The number of amides is 1. The highest BCUT2D eigenvalue weighted by atomic mass is 16.5. The van der Waals surface area contributed by atoms with Crippen molar-refractivity contribution in [3.63, 3.8) is 0 Å². The standard InChI is InChI=1S/C15H20N2O2/c1-16-14-9-19-8-13(14)15(18)17-12-6-10-4-2-3-5-11(10)7-12/h2-5,12-14,16H,6-9H2,1H3,(H,17,18). The Hall–Kier alpha value is -1.39. The number of rotatable bonds is 3. The van der Waals surface area contributed by atoms with Crippen molar-refractivity contribution in [3.05, 3.63) is 35.4 Å². The van der Waals surface area contributed by atoms with E-state index in [1.807, 2.05) is 7.05 Å². The number of benzene rings is 1. The molecule has 2 atom stereocenters. The Balaban J connectivity index is 1.60. The highest BCUT2D eigenvalue weighted by molar-refractivity contribution is 5.80. The van der Waals surface area contributed by atoms with Gasteiger partial charge in [-0.2, -0.15) is 0 Å². The van der Waals surface area contributed by atoms with E-state index >= 15 is 0 Å². The van der Waals surface area contributed by atoms with E-state index in [0.29, 0.717) is 13.2 Å². The highest BCUT2D eigenvalue weighted by Gasteiger charge is 2.34. The summed E-state index contributed by atoms with van der Waals surface area (Å²) < 4.78 is 5.38. The van der Waals surface area contributed by atoms with Crippen LogP contribution in [0.5, 0.6) is 0 Å². The SMILES string of the molecule is CNC1COCC1C(=O)NC1Cc2ccccc2C1. The van der Waals surface area contributed by atoms with Crippen LogP contribution >= 0.6 is 0 Å². The molecule has 4 heteroatoms. The van der Waals surface area contributed by atoms with Crippen LogP contribution in [0.2, 0.25) is 0 Å². The average Bonchev–Trinajstić information content (AvgIpc) is 3.03. The number of nitrogens with one attached hydrogen (secondary N) is 2. The summed E-state index contributed by atoms with van der Waals surface area (Å²) >= 11 is 0. The topological polar surface area (TPSA) is 50.4 Å². The fourth-order valence-corrected chi connectivity index (χ4v) is 3.07. The third kappa shape index (κ3) is 2.51. The largest absolute Gasteiger partial charge is 0.379 e. The molecule has 19 heavy (non-hydrogen) atoms. The summed E-state index contributed by atoms with van der Waals surface area (Å²) in [6.07, 6.45) is 1.89. The molecule has 2 N–H and O–H groups in total. The molecule has 0 aromatic heterocycles. The van der Waals surface area contributed by atoms with E-state index in [-0.39, 0.29) is 23.9 Å². The molecule has 1 heterocycles. The summed E-state index contributed by atoms with van der Waals surface area (Å²) in [4.78, 5) is 12.3. The van der Waals surface area contributed by atoms with Crippen LogP contribution < -0.4 is 10.6 Å². The van der Waals surface area contributed by atoms with Gasteiger partial charge >= 0.3 is 0 Å². The van der Waals surface area contributed by atoms with Gasteiger partial charge in [0.15, 0.2) is 0 Å². The molecule has 0 bridgehead atoms. The van der Waals surface area contributed by atoms with Crippen LogP contribution in [0.15, 0.2) is 24.3 Å². The molecular weight excluding hydrogens is 240 g/mol. The first-order valence-corrected chi connectivity index (χ1v) is 6.90. The van der Waals surface area contributed by atoms with Gasteiger partial charge in [-0.25, -0.2) is 0 Å². The zero-order chi connectivity index (χ0) is 13.2. The molecule has 102 valence electrons. The minimum Gasteiger partial charge on any atom is -0.379 e. The number of carbonyl (C=O) groups is 1. The normalized spacial score (nSPS) is 26.4. The summed E-state index contributed by atoms with van der Waals surface area (Å²) in [5.41, 5.74) is 2.72. The first-order valence-electron chi connectivity index (χ1n) is 6.90. The maximum absolute atomic E-state index is 12.3. The smallest absolute Gasteiger partial charge is 0.227 e. The van der Waals surface area contributed by atoms with E-state index in [0.717, 1.165) is 12.8 Å². The molecule has 0 radical (unpaired) electrons. The first kappa shape index (κ1) is 12.6. The summed E-state index contributed by atoms with van der Waals surface area (Å²) in [6.45, 7) is 1.15. The Labute approximate surface area is 113 Å². The lowest BCUT2D eigenvalue weighted by Crippen LogP contribution is -2.46. The third-order valence-electron chi connectivity index (χ3n) is 4.19. The summed E-state index contributed by atoms with van der Waals surface area (Å²) in [6, 6.07) is 8.80. The predicted octanol–water partition coefficient (Wildman–Crippen LogP) is 0.504. The molecule has 1 amide bonds. The van der Waals surface area contributed by atoms with Crippen LogP contribution in [0.25, 0.3) is 0 Å². The molecule has 2 aliphatic rings. The lowest BCUT2D eigenvalue weighted by Gasteiger charge is -2.19. The summed E-state index contributed by atoms with van der Waals surface area (Å²) in [5, 5.41) is 6.32. The Kier molecular flexibility index (Phi) is 3.53. The molecule has 1 aromatic carbocycles. The van der Waals surface area contributed by atoms with Crippen LogP contribution in [0.4, 0.5) is 0 Å². The zero-order valence-corrected chi connectivity index (χ0v) is 11.2. The van der Waals surface area contributed by atoms with Gasteiger partial charge in [0, 0.05) is 12.1 Å². The van der Waals surface area contributed by atoms with Crippen LogP contribution in [0, 0.1) is 5.92 Å². The number of carbonyl (C=O) groups excluding carboxylic acids is 1. The predicted molar refractivity (Wildman–Crippen MR) is 72.9 cm³/mol. The molecule has 1 saturated heterocycles. The van der Waals surface area contributed by atoms with Crippen molar-refractivity contribution in [2.24, 2.45) is 5.92 Å². The molecule has 1 fully saturated rings. The fraction of sp³-hybridized carbons (Fsp3) is 0.533. The lowest BCUT2D eigenvalue weighted by molar-refractivity contribution is -0.126. The first-order chi connectivity index (χ1) is 9.28. The molecule has 1 aromatic rings. The zero-order valence-electron chi connectivity index (χ0n) is 11.2. The summed E-state index contributed by atoms with van der Waals surface area (Å²) in [7, 11) is 1.88. The molecule has 2 unspecified atom stereocenters. The second-order valence-electron chi connectivity index (χ2n) is 5.42. The fourth-order valence-electron chi connectivity index (χ4n) is 3.07. The van der Waals surface area contributed by atoms with Crippen molar-refractivity contribution in [1.29, 1.82) is 0 Å². The number of likely N-dealkylation sites (N-methyl/N-ethyl adjacent to an activating group) is 1. The Morgan fingerprint density at radius 2 is 1.89 bits per heavy atom. The number of hydrogen-bond donors (Lipinski definition) is 2. The monoisotopic (exact) mass is 260 g/mol. The number of ether oxygens (including phenoxy) is 1. The molecule has 0 saturated carbocycles. The molecule has 4 nitrogen and oxygen atoms in total. The van der Waals surface area contributed by atoms with Crippen molar-refractivity contribution in [2.45, 2.75) is 24.9 Å². The van der Waals surface area contributed by atoms with Gasteiger partial charge in [0.05, 0.1) is 19.1 Å². The van der Waals surface area contributed by atoms with E-state index in [2.05, 4.69) is 34.9 Å². The summed E-state index contributed by atoms with van der Waals surface area (Å²) in [5.74, 6) is 0.0587. The van der Waals surface area contributed by atoms with Gasteiger partial charge < -0.3 is 15.4 Å². The van der Waals surface area contributed by atoms with Gasteiger partial charge in [-0.3, -0.25) is 4.79 Å². The van der Waals surface area contributed by atoms with Gasteiger partial charge in [-0.15, -0.1) is 0 Å². The van der Waals surface area contributed by atoms with Crippen LogP contribution in [-0.4, -0.2) is 38.3 Å². The van der Waals surface area contributed by atoms with Crippen molar-refractivity contribution >= 4 is 5.91 Å². The minimum absolute atomic E-state index is 0.0614. The number of hydrogen-bond acceptors (Lipinski definition) is 3. The quantitative estimate of drug-likeness (QED) is 0.832. The second kappa shape index (κ2) is 5.31. The van der Waals surface area contributed by atoms with E-state index in [4.69, 9.17) is 4.74 Å². The Morgan fingerprint density at radius 1 is 1.21 bits per heavy atom. The van der Waals surface area contributed by atoms with Crippen LogP contribution in [-0.2, 0) is 22.4 Å². The van der Waals surface area contributed by atoms with Crippen LogP contribution in [0.3, 0.4) is 0 Å². The number of fused-ring (bicyclic) bond motifs is 1. The lowest BCUT2D eigenvalue weighted by atomic mass is 10.0. The van der Waals surface area contributed by atoms with Crippen molar-refractivity contribution < 1.29 is 9.53 Å². The van der Waals surface area contributed by atoms with Crippen molar-refractivity contribution in [3.8, 4) is 0 Å². The van der Waals surface area contributed by atoms with Crippen molar-refractivity contribution in [1.82, 2.24) is 10.6 Å². The van der Waals surface area contributed by atoms with Crippen LogP contribution in [0.1, 0.15) is 11.1 Å². The van der Waals surface area contributed by atoms with Gasteiger partial charge in [-0.1, -0.05) is 24.3 Å². The average molecular weight is 260 g/mol. The maximum atomic E-state index is 12.3. The van der Waals surface area contributed by atoms with E-state index in [1.54, 1.807) is 0 Å². The Morgan fingerprint density at radius 3 is 2.53 bits per heavy atom. The van der Waals surface area contributed by atoms with E-state index in [1.165, 1.54) is 11.1 Å². The van der Waals surface area contributed by atoms with Gasteiger partial charge in [0.25, 0.3) is 0 Å². The van der Waals surface area contributed by atoms with Gasteiger partial charge in [0.2, 0.25) is 5.91 Å². The second-order valence-corrected chi connectivity index (χ2v) is 5.42. The third-order valence-corrected chi connectivity index (χ3v) is 4.19.